The minimum Gasteiger partial charge on any atom is -0.480 e. The fraction of sp³-hybridized carbons (Fsp3) is 0.300. The zero-order chi connectivity index (χ0) is 11.8. The molecule has 5 nitrogen and oxygen atoms in total. The monoisotopic (exact) mass is 273 g/mol. The molecule has 1 atom stereocenters. The minimum absolute atomic E-state index is 0. The van der Waals surface area contributed by atoms with Gasteiger partial charge in [-0.2, -0.15) is 8.75 Å². The molecule has 0 bridgehead atoms. The SMILES string of the molecule is CC(N)(Cc1ccc2nsnc2c1)C(=O)O.Cl. The van der Waals surface area contributed by atoms with E-state index in [0.717, 1.165) is 28.3 Å². The van der Waals surface area contributed by atoms with E-state index >= 15 is 0 Å². The summed E-state index contributed by atoms with van der Waals surface area (Å²) in [7, 11) is 0. The third-order valence-corrected chi connectivity index (χ3v) is 2.93. The molecule has 17 heavy (non-hydrogen) atoms. The van der Waals surface area contributed by atoms with Gasteiger partial charge in [0.25, 0.3) is 0 Å². The number of aromatic nitrogens is 2. The Bertz CT molecular complexity index is 541. The van der Waals surface area contributed by atoms with Crippen LogP contribution in [0.5, 0.6) is 0 Å². The highest BCUT2D eigenvalue weighted by molar-refractivity contribution is 7.00. The first-order valence-corrected chi connectivity index (χ1v) is 5.45. The molecule has 2 aromatic rings. The fourth-order valence-electron chi connectivity index (χ4n) is 1.44. The third kappa shape index (κ3) is 2.91. The van der Waals surface area contributed by atoms with Gasteiger partial charge in [-0.05, 0) is 24.6 Å². The quantitative estimate of drug-likeness (QED) is 0.884. The van der Waals surface area contributed by atoms with E-state index in [2.05, 4.69) is 8.75 Å². The van der Waals surface area contributed by atoms with E-state index in [9.17, 15) is 4.79 Å². The number of carboxylic acid groups (broad SMARTS) is 1. The molecular formula is C10H12ClN3O2S. The highest BCUT2D eigenvalue weighted by atomic mass is 35.5. The Hall–Kier alpha value is -1.24. The molecule has 0 saturated carbocycles. The molecule has 0 aliphatic rings. The first-order valence-electron chi connectivity index (χ1n) is 4.72. The molecule has 92 valence electrons. The zero-order valence-corrected chi connectivity index (χ0v) is 10.7. The van der Waals surface area contributed by atoms with Crippen LogP contribution in [0.4, 0.5) is 0 Å². The predicted octanol–water partition coefficient (Wildman–Crippen LogP) is 1.46. The van der Waals surface area contributed by atoms with Gasteiger partial charge in [-0.3, -0.25) is 4.79 Å². The first kappa shape index (κ1) is 13.8. The van der Waals surface area contributed by atoms with Crippen molar-refractivity contribution in [2.75, 3.05) is 0 Å². The molecule has 2 rings (SSSR count). The summed E-state index contributed by atoms with van der Waals surface area (Å²) >= 11 is 1.14. The highest BCUT2D eigenvalue weighted by Gasteiger charge is 2.28. The molecule has 1 aromatic carbocycles. The number of fused-ring (bicyclic) bond motifs is 1. The normalized spacial score (nSPS) is 14.0. The number of halogens is 1. The smallest absolute Gasteiger partial charge is 0.323 e. The van der Waals surface area contributed by atoms with Gasteiger partial charge >= 0.3 is 5.97 Å². The average Bonchev–Trinajstić information content (AvgIpc) is 2.63. The molecule has 7 heteroatoms. The number of carbonyl (C=O) groups is 1. The molecule has 0 spiro atoms. The Kier molecular flexibility index (Phi) is 4.03. The summed E-state index contributed by atoms with van der Waals surface area (Å²) < 4.78 is 8.17. The van der Waals surface area contributed by atoms with E-state index in [4.69, 9.17) is 10.8 Å². The summed E-state index contributed by atoms with van der Waals surface area (Å²) in [6.07, 6.45) is 0.274. The lowest BCUT2D eigenvalue weighted by molar-refractivity contribution is -0.142. The molecule has 1 unspecified atom stereocenters. The lowest BCUT2D eigenvalue weighted by Gasteiger charge is -2.18. The van der Waals surface area contributed by atoms with Crippen LogP contribution in [0, 0.1) is 0 Å². The molecule has 3 N–H and O–H groups in total. The van der Waals surface area contributed by atoms with Gasteiger partial charge in [-0.15, -0.1) is 12.4 Å². The second-order valence-corrected chi connectivity index (χ2v) is 4.52. The molecule has 0 aliphatic heterocycles. The van der Waals surface area contributed by atoms with Gasteiger partial charge in [0, 0.05) is 6.42 Å². The van der Waals surface area contributed by atoms with Crippen LogP contribution in [0.3, 0.4) is 0 Å². The van der Waals surface area contributed by atoms with Crippen molar-refractivity contribution in [3.8, 4) is 0 Å². The molecule has 0 aliphatic carbocycles. The van der Waals surface area contributed by atoms with Gasteiger partial charge in [0.15, 0.2) is 0 Å². The van der Waals surface area contributed by atoms with Crippen molar-refractivity contribution in [2.24, 2.45) is 5.73 Å². The lowest BCUT2D eigenvalue weighted by atomic mass is 9.94. The van der Waals surface area contributed by atoms with Gasteiger partial charge in [0.1, 0.15) is 16.6 Å². The maximum atomic E-state index is 10.9. The van der Waals surface area contributed by atoms with E-state index in [0.29, 0.717) is 0 Å². The van der Waals surface area contributed by atoms with Crippen LogP contribution in [0.2, 0.25) is 0 Å². The number of hydrogen-bond acceptors (Lipinski definition) is 5. The largest absolute Gasteiger partial charge is 0.480 e. The molecule has 0 saturated heterocycles. The van der Waals surface area contributed by atoms with Crippen molar-refractivity contribution < 1.29 is 9.90 Å². The standard InChI is InChI=1S/C10H11N3O2S.ClH/c1-10(11,9(14)15)5-6-2-3-7-8(4-6)13-16-12-7;/h2-4H,5,11H2,1H3,(H,14,15);1H. The van der Waals surface area contributed by atoms with Gasteiger partial charge in [0.2, 0.25) is 0 Å². The second kappa shape index (κ2) is 4.95. The van der Waals surface area contributed by atoms with Gasteiger partial charge in [-0.1, -0.05) is 6.07 Å². The number of benzene rings is 1. The van der Waals surface area contributed by atoms with Crippen LogP contribution >= 0.6 is 24.1 Å². The number of rotatable bonds is 3. The predicted molar refractivity (Wildman–Crippen MR) is 68.6 cm³/mol. The Morgan fingerprint density at radius 3 is 2.76 bits per heavy atom. The van der Waals surface area contributed by atoms with E-state index in [1.165, 1.54) is 6.92 Å². The van der Waals surface area contributed by atoms with Crippen LogP contribution in [0.1, 0.15) is 12.5 Å². The molecule has 1 aromatic heterocycles. The molecule has 0 radical (unpaired) electrons. The molecular weight excluding hydrogens is 262 g/mol. The summed E-state index contributed by atoms with van der Waals surface area (Å²) in [6, 6.07) is 5.48. The van der Waals surface area contributed by atoms with E-state index < -0.39 is 11.5 Å². The first-order chi connectivity index (χ1) is 7.49. The Labute approximate surface area is 108 Å². The molecule has 0 fully saturated rings. The van der Waals surface area contributed by atoms with Crippen molar-refractivity contribution in [3.63, 3.8) is 0 Å². The summed E-state index contributed by atoms with van der Waals surface area (Å²) in [5.41, 5.74) is 6.88. The lowest BCUT2D eigenvalue weighted by Crippen LogP contribution is -2.46. The fourth-order valence-corrected chi connectivity index (χ4v) is 1.95. The zero-order valence-electron chi connectivity index (χ0n) is 9.08. The van der Waals surface area contributed by atoms with Gasteiger partial charge in [-0.25, -0.2) is 0 Å². The third-order valence-electron chi connectivity index (χ3n) is 2.38. The average molecular weight is 274 g/mol. The number of nitrogens with zero attached hydrogens (tertiary/aromatic N) is 2. The molecule has 0 amide bonds. The number of hydrogen-bond donors (Lipinski definition) is 2. The van der Waals surface area contributed by atoms with Crippen LogP contribution in [-0.2, 0) is 11.2 Å². The van der Waals surface area contributed by atoms with Crippen molar-refractivity contribution >= 4 is 41.1 Å². The summed E-state index contributed by atoms with van der Waals surface area (Å²) in [6.45, 7) is 1.50. The Balaban J connectivity index is 0.00000144. The van der Waals surface area contributed by atoms with Crippen molar-refractivity contribution in [1.82, 2.24) is 8.75 Å². The van der Waals surface area contributed by atoms with Crippen LogP contribution in [0.25, 0.3) is 11.0 Å². The summed E-state index contributed by atoms with van der Waals surface area (Å²) in [4.78, 5) is 10.9. The van der Waals surface area contributed by atoms with E-state index in [1.54, 1.807) is 0 Å². The van der Waals surface area contributed by atoms with E-state index in [-0.39, 0.29) is 18.8 Å². The van der Waals surface area contributed by atoms with E-state index in [1.807, 2.05) is 18.2 Å². The van der Waals surface area contributed by atoms with Crippen molar-refractivity contribution in [3.05, 3.63) is 23.8 Å². The maximum absolute atomic E-state index is 10.9. The van der Waals surface area contributed by atoms with Crippen molar-refractivity contribution in [2.45, 2.75) is 18.9 Å². The molecule has 1 heterocycles. The Morgan fingerprint density at radius 1 is 1.47 bits per heavy atom. The topological polar surface area (TPSA) is 89.1 Å². The Morgan fingerprint density at radius 2 is 2.12 bits per heavy atom. The highest BCUT2D eigenvalue weighted by Crippen LogP contribution is 2.17. The summed E-state index contributed by atoms with van der Waals surface area (Å²) in [5.74, 6) is -1.01. The number of aliphatic carboxylic acids is 1. The van der Waals surface area contributed by atoms with Crippen LogP contribution in [0.15, 0.2) is 18.2 Å². The number of nitrogens with two attached hydrogens (primary N) is 1. The van der Waals surface area contributed by atoms with Crippen LogP contribution in [-0.4, -0.2) is 25.4 Å². The maximum Gasteiger partial charge on any atom is 0.323 e. The second-order valence-electron chi connectivity index (χ2n) is 3.99. The van der Waals surface area contributed by atoms with Gasteiger partial charge < -0.3 is 10.8 Å². The number of carboxylic acids is 1. The minimum atomic E-state index is -1.25. The van der Waals surface area contributed by atoms with Crippen molar-refractivity contribution in [1.29, 1.82) is 0 Å². The summed E-state index contributed by atoms with van der Waals surface area (Å²) in [5, 5.41) is 8.92. The van der Waals surface area contributed by atoms with Gasteiger partial charge in [0.05, 0.1) is 11.7 Å². The van der Waals surface area contributed by atoms with Crippen LogP contribution < -0.4 is 5.73 Å².